The van der Waals surface area contributed by atoms with Gasteiger partial charge in [-0.25, -0.2) is 14.3 Å². The molecule has 24 heavy (non-hydrogen) atoms. The fourth-order valence-electron chi connectivity index (χ4n) is 2.23. The molecule has 3 rings (SSSR count). The number of fused-ring (bicyclic) bond motifs is 1. The third-order valence-corrected chi connectivity index (χ3v) is 3.87. The molecule has 1 amide bonds. The van der Waals surface area contributed by atoms with Gasteiger partial charge < -0.3 is 4.74 Å². The van der Waals surface area contributed by atoms with Crippen molar-refractivity contribution in [3.63, 3.8) is 0 Å². The topological polar surface area (TPSA) is 68.5 Å². The molecule has 2 heterocycles. The van der Waals surface area contributed by atoms with Gasteiger partial charge in [0.25, 0.3) is 0 Å². The number of anilines is 1. The van der Waals surface area contributed by atoms with Crippen molar-refractivity contribution >= 4 is 33.4 Å². The maximum absolute atomic E-state index is 11.8. The normalized spacial score (nSPS) is 11.0. The number of halogens is 1. The largest absolute Gasteiger partial charge is 0.449 e. The number of benzene rings is 1. The van der Waals surface area contributed by atoms with Crippen LogP contribution in [0.2, 0.25) is 0 Å². The number of aromatic nitrogens is 3. The summed E-state index contributed by atoms with van der Waals surface area (Å²) in [6.07, 6.45) is 2.98. The van der Waals surface area contributed by atoms with Gasteiger partial charge in [-0.15, -0.1) is 0 Å². The summed E-state index contributed by atoms with van der Waals surface area (Å²) in [7, 11) is 0. The van der Waals surface area contributed by atoms with Crippen molar-refractivity contribution in [1.82, 2.24) is 14.6 Å². The first-order chi connectivity index (χ1) is 11.5. The van der Waals surface area contributed by atoms with E-state index >= 15 is 0 Å². The zero-order valence-electron chi connectivity index (χ0n) is 13.4. The molecule has 7 heteroatoms. The zero-order valence-corrected chi connectivity index (χ0v) is 14.9. The predicted octanol–water partition coefficient (Wildman–Crippen LogP) is 4.36. The quantitative estimate of drug-likeness (QED) is 0.720. The summed E-state index contributed by atoms with van der Waals surface area (Å²) in [5.74, 6) is 0.297. The van der Waals surface area contributed by atoms with Crippen LogP contribution in [0.4, 0.5) is 10.5 Å². The molecular weight excluding hydrogens is 372 g/mol. The van der Waals surface area contributed by atoms with Crippen molar-refractivity contribution in [1.29, 1.82) is 0 Å². The zero-order chi connectivity index (χ0) is 17.1. The first-order valence-electron chi connectivity index (χ1n) is 7.57. The van der Waals surface area contributed by atoms with Crippen LogP contribution in [0.3, 0.4) is 0 Å². The van der Waals surface area contributed by atoms with E-state index in [2.05, 4.69) is 31.3 Å². The van der Waals surface area contributed by atoms with Crippen LogP contribution in [0.15, 0.2) is 47.2 Å². The molecule has 0 saturated heterocycles. The molecule has 3 aromatic rings. The maximum atomic E-state index is 11.8. The molecule has 0 spiro atoms. The Morgan fingerprint density at radius 3 is 3.00 bits per heavy atom. The predicted molar refractivity (Wildman–Crippen MR) is 95.9 cm³/mol. The fourth-order valence-corrected chi connectivity index (χ4v) is 2.60. The van der Waals surface area contributed by atoms with E-state index in [4.69, 9.17) is 4.74 Å². The summed E-state index contributed by atoms with van der Waals surface area (Å²) in [6, 6.07) is 9.40. The van der Waals surface area contributed by atoms with Crippen LogP contribution in [0.5, 0.6) is 0 Å². The highest BCUT2D eigenvalue weighted by atomic mass is 79.9. The summed E-state index contributed by atoms with van der Waals surface area (Å²) >= 11 is 3.43. The van der Waals surface area contributed by atoms with E-state index in [-0.39, 0.29) is 0 Å². The lowest BCUT2D eigenvalue weighted by molar-refractivity contribution is 0.147. The van der Waals surface area contributed by atoms with Gasteiger partial charge in [-0.3, -0.25) is 5.32 Å². The van der Waals surface area contributed by atoms with E-state index < -0.39 is 6.09 Å². The van der Waals surface area contributed by atoms with Crippen LogP contribution in [-0.4, -0.2) is 27.3 Å². The minimum Gasteiger partial charge on any atom is -0.449 e. The molecule has 0 unspecified atom stereocenters. The highest BCUT2D eigenvalue weighted by Gasteiger charge is 2.10. The fraction of sp³-hybridized carbons (Fsp3) is 0.235. The van der Waals surface area contributed by atoms with Crippen LogP contribution in [-0.2, 0) is 4.74 Å². The van der Waals surface area contributed by atoms with Gasteiger partial charge in [-0.05, 0) is 40.0 Å². The molecule has 0 fully saturated rings. The van der Waals surface area contributed by atoms with E-state index in [9.17, 15) is 4.79 Å². The molecule has 2 aromatic heterocycles. The molecule has 6 nitrogen and oxygen atoms in total. The summed E-state index contributed by atoms with van der Waals surface area (Å²) in [4.78, 5) is 16.1. The molecule has 1 aromatic carbocycles. The molecule has 1 N–H and O–H groups in total. The number of carbonyl (C=O) groups is 1. The molecule has 0 aliphatic carbocycles. The average molecular weight is 389 g/mol. The Balaban J connectivity index is 1.86. The number of carbonyl (C=O) groups excluding carboxylic acids is 1. The Kier molecular flexibility index (Phi) is 4.80. The molecule has 0 radical (unpaired) electrons. The van der Waals surface area contributed by atoms with Crippen molar-refractivity contribution in [3.05, 3.63) is 47.2 Å². The van der Waals surface area contributed by atoms with Crippen molar-refractivity contribution in [3.8, 4) is 11.3 Å². The van der Waals surface area contributed by atoms with Gasteiger partial charge in [0, 0.05) is 17.4 Å². The summed E-state index contributed by atoms with van der Waals surface area (Å²) < 4.78 is 7.72. The molecule has 0 saturated carbocycles. The number of nitrogens with one attached hydrogen (secondary N) is 1. The second-order valence-electron chi connectivity index (χ2n) is 5.76. The second-order valence-corrected chi connectivity index (χ2v) is 6.61. The monoisotopic (exact) mass is 388 g/mol. The average Bonchev–Trinajstić information content (AvgIpc) is 2.95. The van der Waals surface area contributed by atoms with Crippen molar-refractivity contribution in [2.75, 3.05) is 11.9 Å². The number of ether oxygens (including phenoxy) is 1. The van der Waals surface area contributed by atoms with Gasteiger partial charge in [0.1, 0.15) is 0 Å². The SMILES string of the molecule is CC(C)COC(=O)Nc1cccc(-c2ccnc3c(Br)cnn23)c1. The van der Waals surface area contributed by atoms with Crippen LogP contribution in [0.1, 0.15) is 13.8 Å². The molecule has 0 atom stereocenters. The smallest absolute Gasteiger partial charge is 0.411 e. The molecule has 0 aliphatic heterocycles. The minimum atomic E-state index is -0.456. The van der Waals surface area contributed by atoms with Crippen molar-refractivity contribution in [2.24, 2.45) is 5.92 Å². The van der Waals surface area contributed by atoms with Crippen molar-refractivity contribution in [2.45, 2.75) is 13.8 Å². The highest BCUT2D eigenvalue weighted by molar-refractivity contribution is 9.10. The van der Waals surface area contributed by atoms with Crippen molar-refractivity contribution < 1.29 is 9.53 Å². The van der Waals surface area contributed by atoms with Crippen LogP contribution < -0.4 is 5.32 Å². The third-order valence-electron chi connectivity index (χ3n) is 3.31. The number of nitrogens with zero attached hydrogens (tertiary/aromatic N) is 3. The van der Waals surface area contributed by atoms with E-state index in [0.717, 1.165) is 21.4 Å². The standard InChI is InChI=1S/C17H17BrN4O2/c1-11(2)10-24-17(23)21-13-5-3-4-12(8-13)15-6-7-19-16-14(18)9-20-22(15)16/h3-9,11H,10H2,1-2H3,(H,21,23). The van der Waals surface area contributed by atoms with Gasteiger partial charge >= 0.3 is 6.09 Å². The Hall–Kier alpha value is -2.41. The number of hydrogen-bond donors (Lipinski definition) is 1. The Bertz CT molecular complexity index is 876. The number of rotatable bonds is 4. The minimum absolute atomic E-state index is 0.297. The van der Waals surface area contributed by atoms with Gasteiger partial charge in [-0.2, -0.15) is 5.10 Å². The Morgan fingerprint density at radius 1 is 1.38 bits per heavy atom. The van der Waals surface area contributed by atoms with E-state index in [0.29, 0.717) is 18.2 Å². The maximum Gasteiger partial charge on any atom is 0.411 e. The molecule has 0 aliphatic rings. The highest BCUT2D eigenvalue weighted by Crippen LogP contribution is 2.25. The molecular formula is C17H17BrN4O2. The third kappa shape index (κ3) is 3.56. The van der Waals surface area contributed by atoms with Gasteiger partial charge in [-0.1, -0.05) is 26.0 Å². The summed E-state index contributed by atoms with van der Waals surface area (Å²) in [5.41, 5.74) is 3.20. The van der Waals surface area contributed by atoms with E-state index in [1.807, 2.05) is 44.2 Å². The van der Waals surface area contributed by atoms with Crippen LogP contribution in [0, 0.1) is 5.92 Å². The van der Waals surface area contributed by atoms with Gasteiger partial charge in [0.05, 0.1) is 23.0 Å². The lowest BCUT2D eigenvalue weighted by atomic mass is 10.1. The first kappa shape index (κ1) is 16.4. The lowest BCUT2D eigenvalue weighted by Gasteiger charge is -2.10. The lowest BCUT2D eigenvalue weighted by Crippen LogP contribution is -2.16. The van der Waals surface area contributed by atoms with Crippen LogP contribution >= 0.6 is 15.9 Å². The molecule has 124 valence electrons. The first-order valence-corrected chi connectivity index (χ1v) is 8.36. The number of hydrogen-bond acceptors (Lipinski definition) is 4. The summed E-state index contributed by atoms with van der Waals surface area (Å²) in [5, 5.41) is 7.07. The number of amides is 1. The van der Waals surface area contributed by atoms with Gasteiger partial charge in [0.2, 0.25) is 0 Å². The Morgan fingerprint density at radius 2 is 2.21 bits per heavy atom. The Labute approximate surface area is 148 Å². The van der Waals surface area contributed by atoms with Gasteiger partial charge in [0.15, 0.2) is 5.65 Å². The van der Waals surface area contributed by atoms with Crippen LogP contribution in [0.25, 0.3) is 16.9 Å². The molecule has 0 bridgehead atoms. The second kappa shape index (κ2) is 7.00. The van der Waals surface area contributed by atoms with E-state index in [1.54, 1.807) is 16.9 Å². The summed E-state index contributed by atoms with van der Waals surface area (Å²) in [6.45, 7) is 4.37. The van der Waals surface area contributed by atoms with E-state index in [1.165, 1.54) is 0 Å².